The molecule has 6 N–H and O–H groups in total. The molecule has 2 aliphatic heterocycles. The molecule has 0 amide bonds. The number of hydrogen-bond acceptors (Lipinski definition) is 11. The molecule has 6 heterocycles. The second-order valence-corrected chi connectivity index (χ2v) is 22.6. The normalized spacial score (nSPS) is 11.9. The second kappa shape index (κ2) is 24.1. The lowest BCUT2D eigenvalue weighted by Crippen LogP contribution is -1.96. The van der Waals surface area contributed by atoms with Gasteiger partial charge in [-0.25, -0.2) is 9.97 Å². The summed E-state index contributed by atoms with van der Waals surface area (Å²) in [5, 5.41) is 0. The zero-order valence-electron chi connectivity index (χ0n) is 40.8. The number of benzene rings is 4. The summed E-state index contributed by atoms with van der Waals surface area (Å²) in [7, 11) is -16.1. The third-order valence-electron chi connectivity index (χ3n) is 10.7. The summed E-state index contributed by atoms with van der Waals surface area (Å²) in [5.41, 5.74) is 14.6. The molecule has 2 aliphatic rings. The van der Waals surface area contributed by atoms with Crippen LogP contribution in [0.5, 0.6) is 0 Å². The van der Waals surface area contributed by atoms with Crippen molar-refractivity contribution >= 4 is 86.8 Å². The van der Waals surface area contributed by atoms with E-state index < -0.39 is 40.5 Å². The topological polar surface area (TPSA) is 288 Å². The van der Waals surface area contributed by atoms with Gasteiger partial charge in [-0.05, 0) is 168 Å². The summed E-state index contributed by atoms with van der Waals surface area (Å²) in [4.78, 5) is 20.7. The van der Waals surface area contributed by atoms with Crippen molar-refractivity contribution < 1.29 is 51.9 Å². The zero-order chi connectivity index (χ0) is 54.7. The maximum atomic E-state index is 10.5. The third-order valence-corrected chi connectivity index (χ3v) is 14.2. The molecule has 0 unspecified atom stereocenters. The van der Waals surface area contributed by atoms with Crippen LogP contribution in [0.4, 0.5) is 0 Å². The molecule has 8 bridgehead atoms. The van der Waals surface area contributed by atoms with Gasteiger partial charge in [-0.2, -0.15) is 33.7 Å². The average molecular weight is 1090 g/mol. The number of pyridine rings is 1. The number of aromatic nitrogens is 5. The van der Waals surface area contributed by atoms with Crippen LogP contribution in [0, 0.1) is 34.6 Å². The molecular weight excluding hydrogens is 1040 g/mol. The molecule has 0 atom stereocenters. The van der Waals surface area contributed by atoms with E-state index in [0.717, 1.165) is 83.9 Å². The van der Waals surface area contributed by atoms with Crippen molar-refractivity contribution in [2.24, 2.45) is 0 Å². The van der Waals surface area contributed by atoms with Crippen LogP contribution in [0.1, 0.15) is 50.7 Å². The molecule has 10 rings (SSSR count). The van der Waals surface area contributed by atoms with Gasteiger partial charge in [-0.15, -0.1) is 0 Å². The molecule has 21 heteroatoms. The highest BCUT2D eigenvalue weighted by molar-refractivity contribution is 7.86. The second-order valence-electron chi connectivity index (χ2n) is 16.9. The van der Waals surface area contributed by atoms with Gasteiger partial charge in [0.15, 0.2) is 0 Å². The van der Waals surface area contributed by atoms with Crippen molar-refractivity contribution in [2.75, 3.05) is 0 Å². The Morgan fingerprint density at radius 3 is 1.07 bits per heavy atom. The van der Waals surface area contributed by atoms with Crippen molar-refractivity contribution in [3.63, 3.8) is 0 Å². The minimum atomic E-state index is -4.02. The van der Waals surface area contributed by atoms with Crippen molar-refractivity contribution in [3.8, 4) is 11.1 Å². The van der Waals surface area contributed by atoms with E-state index in [1.54, 1.807) is 48.5 Å². The molecule has 0 spiro atoms. The molecule has 0 radical (unpaired) electrons. The first-order valence-electron chi connectivity index (χ1n) is 22.4. The van der Waals surface area contributed by atoms with Gasteiger partial charge in [0.2, 0.25) is 0 Å². The number of H-pyrrole nitrogens is 2. The summed E-state index contributed by atoms with van der Waals surface area (Å²) >= 11 is 0. The van der Waals surface area contributed by atoms with Crippen LogP contribution in [0.25, 0.3) is 57.5 Å². The Balaban J connectivity index is 0.000000172. The number of rotatable bonds is 5. The van der Waals surface area contributed by atoms with Crippen LogP contribution in [0.15, 0.2) is 177 Å². The fraction of sp³-hybridized carbons (Fsp3) is 0.0926. The standard InChI is InChI=1S/C26H19N5.4C7H8O3S/c1-16-12-17(10-11-27-16)26-24-8-6-22(30-24)14-20-4-2-18(28-20)13-19-3-5-21(29-19)15-23-7-9-25(26)31-23;4*1-6-2-4-7(5-3-6)11(8,9)10/h2-15,28,31H,1H3;4*2-5H,1H3,(H,8,9,10). The van der Waals surface area contributed by atoms with E-state index in [2.05, 4.69) is 63.5 Å². The van der Waals surface area contributed by atoms with Crippen molar-refractivity contribution in [1.29, 1.82) is 0 Å². The van der Waals surface area contributed by atoms with Crippen molar-refractivity contribution in [2.45, 2.75) is 54.2 Å². The number of aryl methyl sites for hydroxylation is 5. The first kappa shape index (κ1) is 56.6. The summed E-state index contributed by atoms with van der Waals surface area (Å²) in [6.45, 7) is 9.37. The Kier molecular flexibility index (Phi) is 18.2. The van der Waals surface area contributed by atoms with Gasteiger partial charge in [0.05, 0.1) is 42.4 Å². The fourth-order valence-electron chi connectivity index (χ4n) is 6.85. The Labute approximate surface area is 435 Å². The van der Waals surface area contributed by atoms with Gasteiger partial charge in [0.1, 0.15) is 0 Å². The molecule has 388 valence electrons. The van der Waals surface area contributed by atoms with E-state index in [-0.39, 0.29) is 19.6 Å². The maximum absolute atomic E-state index is 10.5. The van der Waals surface area contributed by atoms with Gasteiger partial charge in [-0.3, -0.25) is 23.2 Å². The lowest BCUT2D eigenvalue weighted by atomic mass is 10.0. The van der Waals surface area contributed by atoms with Crippen LogP contribution in [0.2, 0.25) is 0 Å². The molecule has 17 nitrogen and oxygen atoms in total. The number of hydrogen-bond donors (Lipinski definition) is 6. The molecule has 0 aliphatic carbocycles. The lowest BCUT2D eigenvalue weighted by Gasteiger charge is -2.04. The first-order chi connectivity index (χ1) is 35.2. The fourth-order valence-corrected chi connectivity index (χ4v) is 8.77. The molecule has 0 saturated carbocycles. The summed E-state index contributed by atoms with van der Waals surface area (Å²) in [6.07, 6.45) is 10.0. The van der Waals surface area contributed by atoms with Crippen molar-refractivity contribution in [3.05, 3.63) is 209 Å². The number of fused-ring (bicyclic) bond motifs is 8. The summed E-state index contributed by atoms with van der Waals surface area (Å²) in [6, 6.07) is 42.5. The highest BCUT2D eigenvalue weighted by Gasteiger charge is 2.13. The van der Waals surface area contributed by atoms with Gasteiger partial charge >= 0.3 is 0 Å². The summed E-state index contributed by atoms with van der Waals surface area (Å²) in [5.74, 6) is 0. The highest BCUT2D eigenvalue weighted by Crippen LogP contribution is 2.30. The van der Waals surface area contributed by atoms with E-state index in [1.807, 2.05) is 71.2 Å². The molecule has 0 fully saturated rings. The monoisotopic (exact) mass is 1090 g/mol. The smallest absolute Gasteiger partial charge is 0.294 e. The first-order valence-corrected chi connectivity index (χ1v) is 28.1. The Morgan fingerprint density at radius 2 is 0.707 bits per heavy atom. The quantitative estimate of drug-likeness (QED) is 0.0874. The van der Waals surface area contributed by atoms with E-state index in [0.29, 0.717) is 0 Å². The SMILES string of the molecule is Cc1cc(-c2c3nc(cc4ccc(cc5nc(cc6ccc2[nH]6)C=C5)[nH]4)C=C3)ccn1.Cc1ccc(S(=O)(=O)O)cc1.Cc1ccc(S(=O)(=O)O)cc1.Cc1ccc(S(=O)(=O)O)cc1.Cc1ccc(S(=O)(=O)O)cc1. The zero-order valence-corrected chi connectivity index (χ0v) is 44.1. The Hall–Kier alpha value is -7.73. The number of nitrogens with one attached hydrogen (secondary N) is 2. The average Bonchev–Trinajstić information content (AvgIpc) is 4.17. The minimum Gasteiger partial charge on any atom is -0.355 e. The minimum absolute atomic E-state index is 0.0666. The molecule has 8 aromatic rings. The molecule has 75 heavy (non-hydrogen) atoms. The van der Waals surface area contributed by atoms with E-state index in [4.69, 9.17) is 28.2 Å². The van der Waals surface area contributed by atoms with E-state index in [9.17, 15) is 33.7 Å². The van der Waals surface area contributed by atoms with Crippen LogP contribution < -0.4 is 0 Å². The third kappa shape index (κ3) is 17.2. The van der Waals surface area contributed by atoms with Gasteiger partial charge in [-0.1, -0.05) is 70.8 Å². The van der Waals surface area contributed by atoms with Gasteiger partial charge in [0.25, 0.3) is 40.5 Å². The predicted octanol–water partition coefficient (Wildman–Crippen LogP) is 11.0. The lowest BCUT2D eigenvalue weighted by molar-refractivity contribution is 0.481. The predicted molar refractivity (Wildman–Crippen MR) is 291 cm³/mol. The molecular formula is C54H51N5O12S4. The van der Waals surface area contributed by atoms with Crippen LogP contribution in [-0.2, 0) is 40.5 Å². The van der Waals surface area contributed by atoms with Crippen molar-refractivity contribution in [1.82, 2.24) is 24.9 Å². The molecule has 0 saturated heterocycles. The Bertz CT molecular complexity index is 3730. The summed E-state index contributed by atoms with van der Waals surface area (Å²) < 4.78 is 118. The van der Waals surface area contributed by atoms with E-state index in [1.165, 1.54) is 48.5 Å². The Morgan fingerprint density at radius 1 is 0.373 bits per heavy atom. The molecule has 4 aromatic heterocycles. The van der Waals surface area contributed by atoms with Crippen LogP contribution >= 0.6 is 0 Å². The van der Waals surface area contributed by atoms with Crippen LogP contribution in [-0.4, -0.2) is 76.8 Å². The van der Waals surface area contributed by atoms with E-state index >= 15 is 0 Å². The maximum Gasteiger partial charge on any atom is 0.294 e. The highest BCUT2D eigenvalue weighted by atomic mass is 32.2. The number of aromatic amines is 2. The van der Waals surface area contributed by atoms with Gasteiger partial charge in [0, 0.05) is 39.5 Å². The van der Waals surface area contributed by atoms with Gasteiger partial charge < -0.3 is 9.97 Å². The number of nitrogens with zero attached hydrogens (tertiary/aromatic N) is 3. The largest absolute Gasteiger partial charge is 0.355 e. The van der Waals surface area contributed by atoms with Crippen LogP contribution in [0.3, 0.4) is 0 Å². The molecule has 4 aromatic carbocycles.